The predicted molar refractivity (Wildman–Crippen MR) is 410 cm³/mol. The zero-order valence-corrected chi connectivity index (χ0v) is 67.7. The number of fused-ring (bicyclic) bond motifs is 3. The van der Waals surface area contributed by atoms with Gasteiger partial charge in [0, 0.05) is 98.8 Å². The highest BCUT2D eigenvalue weighted by atomic mass is 79.9. The number of alkyl halides is 1. The Kier molecular flexibility index (Phi) is 35.6. The van der Waals surface area contributed by atoms with Crippen molar-refractivity contribution in [2.45, 2.75) is 116 Å². The Morgan fingerprint density at radius 1 is 0.509 bits per heavy atom. The largest absolute Gasteiger partial charge is 0.492 e. The molecule has 5 aliphatic rings. The molecule has 0 aromatic heterocycles. The zero-order chi connectivity index (χ0) is 77.7. The van der Waals surface area contributed by atoms with Gasteiger partial charge in [-0.1, -0.05) is 100 Å². The summed E-state index contributed by atoms with van der Waals surface area (Å²) in [4.78, 5) is 97.5. The highest BCUT2D eigenvalue weighted by Gasteiger charge is 2.37. The van der Waals surface area contributed by atoms with Crippen LogP contribution in [0.4, 0.5) is 0 Å². The van der Waals surface area contributed by atoms with Crippen LogP contribution in [-0.4, -0.2) is 174 Å². The molecule has 2 unspecified atom stereocenters. The van der Waals surface area contributed by atoms with E-state index in [4.69, 9.17) is 38.7 Å². The lowest BCUT2D eigenvalue weighted by atomic mass is 9.87. The Morgan fingerprint density at radius 2 is 0.896 bits per heavy atom. The Morgan fingerprint density at radius 3 is 1.31 bits per heavy atom. The minimum atomic E-state index is -0.590. The number of amides is 3. The van der Waals surface area contributed by atoms with E-state index in [1.54, 1.807) is 84.3 Å². The van der Waals surface area contributed by atoms with E-state index in [1.165, 1.54) is 35.5 Å². The SMILES string of the molecule is CC1(C)CC(C(=O)N2CCOc3cc(C(=O)NO)ccc3C2)CCO1.COC(=O)c1ccc(C)c(Br)c1.COC(=O)c1ccc(CBr)c(Br)c1.COC(=O)c1ccc(CCCCO)c(Br)c1.COC(=O)c1ccc2c(c1)OCCN(C(=O)C1CCOC(C)(C)C1)C2.COC(=O)c1ccc2c(c1)OCCNC2. The van der Waals surface area contributed by atoms with Gasteiger partial charge in [-0.05, 0) is 169 Å². The van der Waals surface area contributed by atoms with Gasteiger partial charge >= 0.3 is 29.8 Å². The number of nitrogens with one attached hydrogen (secondary N) is 2. The molecule has 574 valence electrons. The van der Waals surface area contributed by atoms with E-state index < -0.39 is 11.9 Å². The lowest BCUT2D eigenvalue weighted by molar-refractivity contribution is -0.146. The molecule has 24 nitrogen and oxygen atoms in total. The molecule has 0 saturated carbocycles. The van der Waals surface area contributed by atoms with Gasteiger partial charge in [0.25, 0.3) is 5.91 Å². The second-order valence-corrected chi connectivity index (χ2v) is 29.2. The van der Waals surface area contributed by atoms with Crippen molar-refractivity contribution >= 4 is 111 Å². The highest BCUT2D eigenvalue weighted by molar-refractivity contribution is 9.11. The fourth-order valence-electron chi connectivity index (χ4n) is 11.7. The van der Waals surface area contributed by atoms with E-state index in [0.29, 0.717) is 111 Å². The van der Waals surface area contributed by atoms with Gasteiger partial charge in [-0.3, -0.25) is 19.6 Å². The quantitative estimate of drug-likeness (QED) is 0.0208. The molecule has 2 atom stereocenters. The van der Waals surface area contributed by atoms with Crippen molar-refractivity contribution in [3.05, 3.63) is 189 Å². The maximum atomic E-state index is 13.0. The van der Waals surface area contributed by atoms with Crippen LogP contribution >= 0.6 is 63.7 Å². The monoisotopic (exact) mass is 1720 g/mol. The second kappa shape index (κ2) is 43.3. The van der Waals surface area contributed by atoms with E-state index in [-0.39, 0.29) is 65.3 Å². The number of rotatable bonds is 13. The predicted octanol–water partition coefficient (Wildman–Crippen LogP) is 13.3. The van der Waals surface area contributed by atoms with Crippen LogP contribution in [0.2, 0.25) is 0 Å². The van der Waals surface area contributed by atoms with Crippen molar-refractivity contribution in [3.8, 4) is 17.2 Å². The number of halogens is 4. The van der Waals surface area contributed by atoms with Crippen LogP contribution in [0.1, 0.15) is 162 Å². The number of esters is 5. The number of aliphatic hydroxyl groups is 1. The van der Waals surface area contributed by atoms with Gasteiger partial charge < -0.3 is 67.6 Å². The van der Waals surface area contributed by atoms with Gasteiger partial charge in [-0.25, -0.2) is 29.5 Å². The van der Waals surface area contributed by atoms with E-state index >= 15 is 0 Å². The molecule has 4 N–H and O–H groups in total. The molecular formula is C78H94Br4N4O20. The van der Waals surface area contributed by atoms with E-state index in [1.807, 2.05) is 74.8 Å². The van der Waals surface area contributed by atoms with Crippen LogP contribution in [0.25, 0.3) is 0 Å². The Bertz CT molecular complexity index is 3890. The molecule has 6 aromatic carbocycles. The van der Waals surface area contributed by atoms with Crippen molar-refractivity contribution < 1.29 is 96.0 Å². The van der Waals surface area contributed by atoms with Crippen molar-refractivity contribution in [2.75, 3.05) is 94.8 Å². The third-order valence-corrected chi connectivity index (χ3v) is 20.4. The van der Waals surface area contributed by atoms with Gasteiger partial charge in [-0.2, -0.15) is 0 Å². The first kappa shape index (κ1) is 87.1. The number of nitrogens with zero attached hydrogens (tertiary/aromatic N) is 2. The number of hydrogen-bond donors (Lipinski definition) is 4. The Balaban J connectivity index is 0.000000204. The summed E-state index contributed by atoms with van der Waals surface area (Å²) >= 11 is 13.5. The standard InChI is InChI=1S/C19H25NO5.C18H24N2O5.C12H15BrO3.C11H13NO3.C9H8Br2O2.C9H9BrO2/c1-19(2)11-14(6-8-25-19)17(21)20-7-9-24-16-10-13(18(22)23-3)4-5-15(16)12-20;1-18(2)10-13(5-7-25-18)17(22)20-6-8-24-15-9-12(16(21)19-23)3-4-14(15)11-20;1-16-12(15)10-6-5-9(11(13)8-10)4-2-3-7-14;1-14-11(13)8-2-3-9-7-12-4-5-15-10(9)6-8;1-13-9(12)6-2-3-7(5-10)8(11)4-6;1-6-3-4-7(5-8(6)10)9(11)12-2/h4-5,10,14H,6-9,11-12H2,1-3H3;3-4,9,13,23H,5-8,10-11H2,1-2H3,(H,19,21);5-6,8,14H,2-4,7H2,1H3;2-3,6,12H,4-5,7H2,1H3;2-4H,5H2,1H3;3-5H,1-2H3. The molecule has 6 aromatic rings. The number of unbranched alkanes of at least 4 members (excludes halogenated alkanes) is 1. The molecule has 0 bridgehead atoms. The first-order valence-electron chi connectivity index (χ1n) is 34.3. The van der Waals surface area contributed by atoms with Gasteiger partial charge in [-0.15, -0.1) is 0 Å². The number of carbonyl (C=O) groups is 8. The molecule has 28 heteroatoms. The third kappa shape index (κ3) is 26.6. The number of benzene rings is 6. The van der Waals surface area contributed by atoms with Crippen LogP contribution < -0.4 is 25.0 Å². The molecule has 11 rings (SSSR count). The molecule has 0 spiro atoms. The van der Waals surface area contributed by atoms with Crippen LogP contribution in [0, 0.1) is 18.8 Å². The van der Waals surface area contributed by atoms with Gasteiger partial charge in [0.1, 0.15) is 37.1 Å². The van der Waals surface area contributed by atoms with Crippen molar-refractivity contribution in [1.29, 1.82) is 0 Å². The van der Waals surface area contributed by atoms with Crippen LogP contribution in [0.5, 0.6) is 17.2 Å². The fraction of sp³-hybridized carbons (Fsp3) is 0.436. The minimum absolute atomic E-state index is 0.0142. The van der Waals surface area contributed by atoms with Crippen LogP contribution in [0.15, 0.2) is 123 Å². The van der Waals surface area contributed by atoms with Gasteiger partial charge in [0.15, 0.2) is 0 Å². The smallest absolute Gasteiger partial charge is 0.337 e. The first-order chi connectivity index (χ1) is 50.6. The summed E-state index contributed by atoms with van der Waals surface area (Å²) in [5, 5.41) is 21.4. The lowest BCUT2D eigenvalue weighted by Crippen LogP contribution is -2.43. The summed E-state index contributed by atoms with van der Waals surface area (Å²) < 4.78 is 54.4. The van der Waals surface area contributed by atoms with Crippen LogP contribution in [0.3, 0.4) is 0 Å². The summed E-state index contributed by atoms with van der Waals surface area (Å²) in [5.74, 6) is -0.0591. The minimum Gasteiger partial charge on any atom is -0.492 e. The summed E-state index contributed by atoms with van der Waals surface area (Å²) in [5.41, 5.74) is 10.2. The molecular weight excluding hydrogens is 1630 g/mol. The number of aliphatic hydroxyl groups excluding tert-OH is 1. The first-order valence-corrected chi connectivity index (χ1v) is 37.8. The number of methoxy groups -OCH3 is 5. The highest BCUT2D eigenvalue weighted by Crippen LogP contribution is 2.35. The molecule has 5 aliphatic heterocycles. The normalized spacial score (nSPS) is 16.5. The van der Waals surface area contributed by atoms with E-state index in [0.717, 1.165) is 109 Å². The fourth-order valence-corrected chi connectivity index (χ4v) is 14.0. The topological polar surface area (TPSA) is 300 Å². The van der Waals surface area contributed by atoms with Crippen LogP contribution in [-0.2, 0) is 74.1 Å². The van der Waals surface area contributed by atoms with Crippen molar-refractivity contribution in [3.63, 3.8) is 0 Å². The van der Waals surface area contributed by atoms with E-state index in [9.17, 15) is 38.4 Å². The average Bonchev–Trinajstić information content (AvgIpc) is 1.52. The number of hydrogen-bond acceptors (Lipinski definition) is 21. The molecule has 2 saturated heterocycles. The summed E-state index contributed by atoms with van der Waals surface area (Å²) in [6, 6.07) is 31.7. The molecule has 3 amide bonds. The number of hydroxylamine groups is 1. The summed E-state index contributed by atoms with van der Waals surface area (Å²) in [6.45, 7) is 16.5. The Hall–Kier alpha value is -7.80. The maximum absolute atomic E-state index is 13.0. The summed E-state index contributed by atoms with van der Waals surface area (Å²) in [7, 11) is 6.83. The lowest BCUT2D eigenvalue weighted by Gasteiger charge is -2.36. The number of carbonyl (C=O) groups excluding carboxylic acids is 8. The molecule has 0 radical (unpaired) electrons. The van der Waals surface area contributed by atoms with Crippen molar-refractivity contribution in [1.82, 2.24) is 20.6 Å². The molecule has 106 heavy (non-hydrogen) atoms. The second-order valence-electron chi connectivity index (χ2n) is 26.1. The maximum Gasteiger partial charge on any atom is 0.337 e. The van der Waals surface area contributed by atoms with Crippen molar-refractivity contribution in [2.24, 2.45) is 11.8 Å². The Labute approximate surface area is 652 Å². The molecule has 2 fully saturated rings. The average molecular weight is 1730 g/mol. The third-order valence-electron chi connectivity index (χ3n) is 17.5. The molecule has 5 heterocycles. The molecule has 0 aliphatic carbocycles. The van der Waals surface area contributed by atoms with Gasteiger partial charge in [0.2, 0.25) is 11.8 Å². The van der Waals surface area contributed by atoms with E-state index in [2.05, 4.69) is 88.0 Å². The number of ether oxygens (including phenoxy) is 10. The van der Waals surface area contributed by atoms with Gasteiger partial charge in [0.05, 0.1) is 87.7 Å². The zero-order valence-electron chi connectivity index (χ0n) is 61.3. The number of aryl methyl sites for hydroxylation is 2. The summed E-state index contributed by atoms with van der Waals surface area (Å²) in [6.07, 6.45) is 5.57.